The third-order valence-electron chi connectivity index (χ3n) is 2.85. The molecule has 0 aliphatic rings. The molecule has 0 fully saturated rings. The summed E-state index contributed by atoms with van der Waals surface area (Å²) >= 11 is 0. The topological polar surface area (TPSA) is 12.0 Å². The quantitative estimate of drug-likeness (QED) is 0.837. The van der Waals surface area contributed by atoms with Gasteiger partial charge in [-0.05, 0) is 37.6 Å². The minimum atomic E-state index is -4.25. The summed E-state index contributed by atoms with van der Waals surface area (Å²) in [5.41, 5.74) is 0.191. The molecule has 0 saturated heterocycles. The molecular weight excluding hydrogens is 227 g/mol. The molecule has 0 aliphatic heterocycles. The Morgan fingerprint density at radius 1 is 1.29 bits per heavy atom. The average molecular weight is 245 g/mol. The van der Waals surface area contributed by atoms with Gasteiger partial charge < -0.3 is 5.32 Å². The minimum absolute atomic E-state index is 0.378. The van der Waals surface area contributed by atoms with E-state index in [1.807, 2.05) is 7.05 Å². The zero-order valence-corrected chi connectivity index (χ0v) is 10.1. The molecule has 0 bridgehead atoms. The molecule has 0 spiro atoms. The van der Waals surface area contributed by atoms with Crippen LogP contribution in [-0.2, 0) is 12.6 Å². The summed E-state index contributed by atoms with van der Waals surface area (Å²) in [4.78, 5) is 0. The van der Waals surface area contributed by atoms with Crippen molar-refractivity contribution in [2.24, 2.45) is 5.92 Å². The van der Waals surface area contributed by atoms with Gasteiger partial charge in [0.05, 0.1) is 5.56 Å². The third kappa shape index (κ3) is 4.38. The van der Waals surface area contributed by atoms with Crippen LogP contribution in [-0.4, -0.2) is 13.6 Å². The maximum absolute atomic E-state index is 12.5. The standard InChI is InChI=1S/C13H18F3N/c1-3-10(9-17-2)7-11-5-4-6-12(8-11)13(14,15)16/h4-6,8,10,17H,3,7,9H2,1-2H3. The van der Waals surface area contributed by atoms with Crippen LogP contribution < -0.4 is 5.32 Å². The fourth-order valence-electron chi connectivity index (χ4n) is 1.86. The fraction of sp³-hybridized carbons (Fsp3) is 0.538. The van der Waals surface area contributed by atoms with E-state index in [1.165, 1.54) is 12.1 Å². The van der Waals surface area contributed by atoms with Crippen molar-refractivity contribution in [1.29, 1.82) is 0 Å². The molecule has 1 nitrogen and oxygen atoms in total. The molecule has 0 radical (unpaired) electrons. The number of halogens is 3. The molecule has 0 aromatic heterocycles. The molecule has 17 heavy (non-hydrogen) atoms. The van der Waals surface area contributed by atoms with Crippen molar-refractivity contribution < 1.29 is 13.2 Å². The SMILES string of the molecule is CCC(CNC)Cc1cccc(C(F)(F)F)c1. The Balaban J connectivity index is 2.78. The molecule has 0 amide bonds. The van der Waals surface area contributed by atoms with E-state index in [2.05, 4.69) is 12.2 Å². The molecule has 1 aromatic rings. The lowest BCUT2D eigenvalue weighted by molar-refractivity contribution is -0.137. The second-order valence-corrected chi connectivity index (χ2v) is 4.23. The van der Waals surface area contributed by atoms with Gasteiger partial charge in [0.15, 0.2) is 0 Å². The van der Waals surface area contributed by atoms with Crippen LogP contribution in [0.4, 0.5) is 13.2 Å². The van der Waals surface area contributed by atoms with E-state index in [1.54, 1.807) is 6.07 Å². The summed E-state index contributed by atoms with van der Waals surface area (Å²) in [6, 6.07) is 5.60. The largest absolute Gasteiger partial charge is 0.416 e. The van der Waals surface area contributed by atoms with Crippen LogP contribution in [0.5, 0.6) is 0 Å². The molecule has 1 N–H and O–H groups in total. The van der Waals surface area contributed by atoms with Crippen molar-refractivity contribution in [2.45, 2.75) is 25.9 Å². The number of nitrogens with one attached hydrogen (secondary N) is 1. The van der Waals surface area contributed by atoms with E-state index in [9.17, 15) is 13.2 Å². The van der Waals surface area contributed by atoms with E-state index in [0.29, 0.717) is 12.3 Å². The first kappa shape index (κ1) is 14.0. The van der Waals surface area contributed by atoms with Crippen LogP contribution in [0.25, 0.3) is 0 Å². The Morgan fingerprint density at radius 2 is 2.00 bits per heavy atom. The fourth-order valence-corrected chi connectivity index (χ4v) is 1.86. The molecule has 1 rings (SSSR count). The minimum Gasteiger partial charge on any atom is -0.319 e. The van der Waals surface area contributed by atoms with Gasteiger partial charge >= 0.3 is 6.18 Å². The van der Waals surface area contributed by atoms with Crippen LogP contribution in [0.2, 0.25) is 0 Å². The van der Waals surface area contributed by atoms with E-state index < -0.39 is 11.7 Å². The van der Waals surface area contributed by atoms with Crippen molar-refractivity contribution in [3.05, 3.63) is 35.4 Å². The Hall–Kier alpha value is -1.03. The molecule has 0 aliphatic carbocycles. The van der Waals surface area contributed by atoms with E-state index in [-0.39, 0.29) is 0 Å². The van der Waals surface area contributed by atoms with Gasteiger partial charge in [0.1, 0.15) is 0 Å². The smallest absolute Gasteiger partial charge is 0.319 e. The first-order valence-electron chi connectivity index (χ1n) is 5.78. The summed E-state index contributed by atoms with van der Waals surface area (Å²) in [5.74, 6) is 0.378. The Morgan fingerprint density at radius 3 is 2.53 bits per heavy atom. The molecule has 1 aromatic carbocycles. The Labute approximate surface area is 100 Å². The van der Waals surface area contributed by atoms with E-state index >= 15 is 0 Å². The normalized spacial score (nSPS) is 13.7. The van der Waals surface area contributed by atoms with Crippen LogP contribution in [0, 0.1) is 5.92 Å². The number of alkyl halides is 3. The second kappa shape index (κ2) is 6.05. The third-order valence-corrected chi connectivity index (χ3v) is 2.85. The van der Waals surface area contributed by atoms with Crippen LogP contribution in [0.15, 0.2) is 24.3 Å². The number of benzene rings is 1. The lowest BCUT2D eigenvalue weighted by atomic mass is 9.96. The number of rotatable bonds is 5. The lowest BCUT2D eigenvalue weighted by Gasteiger charge is -2.15. The summed E-state index contributed by atoms with van der Waals surface area (Å²) in [6.45, 7) is 2.88. The number of hydrogen-bond acceptors (Lipinski definition) is 1. The van der Waals surface area contributed by atoms with Gasteiger partial charge in [0, 0.05) is 0 Å². The van der Waals surface area contributed by atoms with Gasteiger partial charge in [-0.2, -0.15) is 13.2 Å². The van der Waals surface area contributed by atoms with Gasteiger partial charge in [-0.3, -0.25) is 0 Å². The highest BCUT2D eigenvalue weighted by atomic mass is 19.4. The summed E-state index contributed by atoms with van der Waals surface area (Å²) in [7, 11) is 1.86. The zero-order valence-electron chi connectivity index (χ0n) is 10.1. The maximum atomic E-state index is 12.5. The molecule has 4 heteroatoms. The average Bonchev–Trinajstić information content (AvgIpc) is 2.28. The van der Waals surface area contributed by atoms with Crippen LogP contribution in [0.1, 0.15) is 24.5 Å². The van der Waals surface area contributed by atoms with E-state index in [4.69, 9.17) is 0 Å². The first-order chi connectivity index (χ1) is 7.97. The molecule has 0 saturated carbocycles. The lowest BCUT2D eigenvalue weighted by Crippen LogP contribution is -2.20. The highest BCUT2D eigenvalue weighted by Gasteiger charge is 2.30. The van der Waals surface area contributed by atoms with Crippen molar-refractivity contribution in [3.63, 3.8) is 0 Å². The van der Waals surface area contributed by atoms with Crippen LogP contribution >= 0.6 is 0 Å². The summed E-state index contributed by atoms with van der Waals surface area (Å²) in [6.07, 6.45) is -2.61. The van der Waals surface area contributed by atoms with Crippen LogP contribution in [0.3, 0.4) is 0 Å². The molecule has 0 heterocycles. The summed E-state index contributed by atoms with van der Waals surface area (Å²) in [5, 5.41) is 3.06. The maximum Gasteiger partial charge on any atom is 0.416 e. The number of hydrogen-bond donors (Lipinski definition) is 1. The highest BCUT2D eigenvalue weighted by molar-refractivity contribution is 5.26. The Bertz CT molecular complexity index is 347. The molecular formula is C13H18F3N. The van der Waals surface area contributed by atoms with Gasteiger partial charge in [-0.25, -0.2) is 0 Å². The summed E-state index contributed by atoms with van der Waals surface area (Å²) < 4.78 is 37.6. The van der Waals surface area contributed by atoms with Gasteiger partial charge in [0.25, 0.3) is 0 Å². The predicted molar refractivity (Wildman–Crippen MR) is 62.9 cm³/mol. The molecule has 1 atom stereocenters. The van der Waals surface area contributed by atoms with Crippen molar-refractivity contribution >= 4 is 0 Å². The molecule has 96 valence electrons. The van der Waals surface area contributed by atoms with Gasteiger partial charge in [-0.1, -0.05) is 31.5 Å². The monoisotopic (exact) mass is 245 g/mol. The van der Waals surface area contributed by atoms with E-state index in [0.717, 1.165) is 24.6 Å². The van der Waals surface area contributed by atoms with Gasteiger partial charge in [-0.15, -0.1) is 0 Å². The molecule has 1 unspecified atom stereocenters. The first-order valence-corrected chi connectivity index (χ1v) is 5.78. The zero-order chi connectivity index (χ0) is 12.9. The van der Waals surface area contributed by atoms with Crippen molar-refractivity contribution in [3.8, 4) is 0 Å². The highest BCUT2D eigenvalue weighted by Crippen LogP contribution is 2.30. The second-order valence-electron chi connectivity index (χ2n) is 4.23. The van der Waals surface area contributed by atoms with Gasteiger partial charge in [0.2, 0.25) is 0 Å². The van der Waals surface area contributed by atoms with Crippen molar-refractivity contribution in [1.82, 2.24) is 5.32 Å². The van der Waals surface area contributed by atoms with Crippen molar-refractivity contribution in [2.75, 3.05) is 13.6 Å². The Kier molecular flexibility index (Phi) is 5.00. The predicted octanol–water partition coefficient (Wildman–Crippen LogP) is 3.49.